The van der Waals surface area contributed by atoms with E-state index in [9.17, 15) is 0 Å². The molecular weight excluding hydrogens is 613 g/mol. The lowest BCUT2D eigenvalue weighted by Gasteiger charge is -2.10. The van der Waals surface area contributed by atoms with E-state index in [0.717, 1.165) is 63.1 Å². The molecule has 0 saturated carbocycles. The second-order valence-corrected chi connectivity index (χ2v) is 20.9. The van der Waals surface area contributed by atoms with Crippen LogP contribution in [0.1, 0.15) is 113 Å². The monoisotopic (exact) mass is 687 g/mol. The molecule has 2 saturated heterocycles. The summed E-state index contributed by atoms with van der Waals surface area (Å²) < 4.78 is 21.1. The van der Waals surface area contributed by atoms with Crippen molar-refractivity contribution in [3.05, 3.63) is 54.0 Å². The van der Waals surface area contributed by atoms with Crippen molar-refractivity contribution < 1.29 is 23.7 Å². The van der Waals surface area contributed by atoms with E-state index in [1.807, 2.05) is 24.3 Å². The molecule has 1 N–H and O–H groups in total. The van der Waals surface area contributed by atoms with Crippen LogP contribution in [0.2, 0.25) is 19.6 Å². The third-order valence-corrected chi connectivity index (χ3v) is 7.78. The highest BCUT2D eigenvalue weighted by Gasteiger charge is 2.17. The molecule has 48 heavy (non-hydrogen) atoms. The molecule has 0 amide bonds. The fourth-order valence-electron chi connectivity index (χ4n) is 4.74. The summed E-state index contributed by atoms with van der Waals surface area (Å²) in [6.07, 6.45) is 10.4. The molecule has 1 aromatic heterocycles. The first-order valence-corrected chi connectivity index (χ1v) is 22.1. The predicted molar refractivity (Wildman–Crippen MR) is 208 cm³/mol. The largest absolute Gasteiger partial charge is 0.508 e. The third kappa shape index (κ3) is 30.0. The number of benzene rings is 1. The zero-order valence-electron chi connectivity index (χ0n) is 33.2. The van der Waals surface area contributed by atoms with Gasteiger partial charge in [-0.2, -0.15) is 0 Å². The van der Waals surface area contributed by atoms with Crippen LogP contribution in [-0.4, -0.2) is 45.4 Å². The number of furan rings is 1. The van der Waals surface area contributed by atoms with Gasteiger partial charge in [-0.25, -0.2) is 0 Å². The third-order valence-electron chi connectivity index (χ3n) is 6.86. The number of phenolic OH excluding ortho intramolecular Hbond substituents is 1. The quantitative estimate of drug-likeness (QED) is 0.210. The molecule has 4 rings (SSSR count). The van der Waals surface area contributed by atoms with E-state index in [0.29, 0.717) is 29.6 Å². The smallest absolute Gasteiger partial charge is 0.158 e. The zero-order valence-corrected chi connectivity index (χ0v) is 34.2. The lowest BCUT2D eigenvalue weighted by atomic mass is 10.0. The highest BCUT2D eigenvalue weighted by atomic mass is 28.3. The van der Waals surface area contributed by atoms with Crippen LogP contribution in [-0.2, 0) is 27.1 Å². The molecule has 1 aromatic carbocycles. The molecule has 1 unspecified atom stereocenters. The fourth-order valence-corrected chi connectivity index (χ4v) is 5.37. The Kier molecular flexibility index (Phi) is 25.6. The van der Waals surface area contributed by atoms with Gasteiger partial charge in [0, 0.05) is 25.9 Å². The summed E-state index contributed by atoms with van der Waals surface area (Å²) in [5.41, 5.74) is 4.63. The van der Waals surface area contributed by atoms with Gasteiger partial charge in [0.2, 0.25) is 0 Å². The predicted octanol–water partition coefficient (Wildman–Crippen LogP) is 11.6. The minimum atomic E-state index is -1.09. The van der Waals surface area contributed by atoms with Gasteiger partial charge in [0.1, 0.15) is 19.6 Å². The molecule has 0 bridgehead atoms. The molecule has 3 heterocycles. The summed E-state index contributed by atoms with van der Waals surface area (Å²) in [4.78, 5) is 0. The van der Waals surface area contributed by atoms with Crippen molar-refractivity contribution in [1.82, 2.24) is 0 Å². The molecule has 2 aliphatic rings. The number of aromatic hydroxyl groups is 1. The topological polar surface area (TPSA) is 61.1 Å². The van der Waals surface area contributed by atoms with Crippen molar-refractivity contribution >= 4 is 8.07 Å². The first-order chi connectivity index (χ1) is 22.5. The fraction of sp³-hybridized carbons (Fsp3) is 0.714. The Labute approximate surface area is 297 Å². The minimum absolute atomic E-state index is 0.0880. The number of ether oxygens (including phenoxy) is 3. The standard InChI is InChI=1S/C10H14O.C9H18Si.C8H16O.C8H12O.C7H14O2/c1-8(2)7-9-3-5-10(11)6-4-9;1-9(2)7-6-8-10(3,4)5;2*1-7(2)6-8-4-3-5-9-8;1-6(2)5-7-8-3-4-9-7/h3-6,8,11H,7H2,1-2H3;9H,7H2,1-5H3;7-8H,3-6H2,1-2H3;3-5,7H,6H2,1-2H3;6-7H,3-5H2,1-2H3. The average Bonchev–Trinajstić information content (AvgIpc) is 3.75. The Balaban J connectivity index is 0.000000576. The second-order valence-electron chi connectivity index (χ2n) is 16.2. The van der Waals surface area contributed by atoms with Crippen LogP contribution in [0.15, 0.2) is 47.1 Å². The Morgan fingerprint density at radius 2 is 1.29 bits per heavy atom. The van der Waals surface area contributed by atoms with Gasteiger partial charge in [-0.15, -0.1) is 11.5 Å². The van der Waals surface area contributed by atoms with E-state index < -0.39 is 8.07 Å². The summed E-state index contributed by atoms with van der Waals surface area (Å²) in [6, 6.07) is 11.3. The molecule has 2 fully saturated rings. The van der Waals surface area contributed by atoms with Gasteiger partial charge in [-0.05, 0) is 85.1 Å². The average molecular weight is 687 g/mol. The van der Waals surface area contributed by atoms with Gasteiger partial charge in [0.25, 0.3) is 0 Å². The van der Waals surface area contributed by atoms with E-state index in [2.05, 4.69) is 100 Å². The Hall–Kier alpha value is -2.04. The van der Waals surface area contributed by atoms with Crippen LogP contribution in [0.4, 0.5) is 0 Å². The van der Waals surface area contributed by atoms with Crippen molar-refractivity contribution in [2.24, 2.45) is 29.6 Å². The molecule has 2 aromatic rings. The maximum atomic E-state index is 8.99. The SMILES string of the molecule is CC(C)CC#C[Si](C)(C)C.CC(C)CC1CCCO1.CC(C)CC1OCCO1.CC(C)Cc1ccc(O)cc1.CC(C)Cc1ccco1. The number of hydrogen-bond acceptors (Lipinski definition) is 5. The summed E-state index contributed by atoms with van der Waals surface area (Å²) >= 11 is 0. The van der Waals surface area contributed by atoms with Gasteiger partial charge >= 0.3 is 0 Å². The molecule has 2 aliphatic heterocycles. The zero-order chi connectivity index (χ0) is 36.5. The van der Waals surface area contributed by atoms with Crippen molar-refractivity contribution in [3.63, 3.8) is 0 Å². The summed E-state index contributed by atoms with van der Waals surface area (Å²) in [6.45, 7) is 31.4. The summed E-state index contributed by atoms with van der Waals surface area (Å²) in [7, 11) is -1.09. The van der Waals surface area contributed by atoms with Crippen LogP contribution in [0, 0.1) is 41.1 Å². The molecule has 6 heteroatoms. The maximum absolute atomic E-state index is 8.99. The number of rotatable bonds is 9. The van der Waals surface area contributed by atoms with Gasteiger partial charge in [-0.3, -0.25) is 0 Å². The van der Waals surface area contributed by atoms with Crippen molar-refractivity contribution in [1.29, 1.82) is 0 Å². The molecule has 1 atom stereocenters. The van der Waals surface area contributed by atoms with E-state index in [4.69, 9.17) is 23.7 Å². The van der Waals surface area contributed by atoms with Gasteiger partial charge in [-0.1, -0.05) is 101 Å². The van der Waals surface area contributed by atoms with Crippen LogP contribution in [0.5, 0.6) is 5.75 Å². The summed E-state index contributed by atoms with van der Waals surface area (Å²) in [5, 5.41) is 8.99. The normalized spacial score (nSPS) is 15.9. The van der Waals surface area contributed by atoms with Crippen molar-refractivity contribution in [2.45, 2.75) is 146 Å². The van der Waals surface area contributed by atoms with E-state index in [1.54, 1.807) is 18.4 Å². The van der Waals surface area contributed by atoms with E-state index in [-0.39, 0.29) is 6.29 Å². The molecule has 276 valence electrons. The molecule has 0 aliphatic carbocycles. The molecule has 0 radical (unpaired) electrons. The van der Waals surface area contributed by atoms with Crippen molar-refractivity contribution in [2.75, 3.05) is 19.8 Å². The number of hydrogen-bond donors (Lipinski definition) is 1. The molecule has 5 nitrogen and oxygen atoms in total. The Morgan fingerprint density at radius 1 is 0.708 bits per heavy atom. The van der Waals surface area contributed by atoms with Gasteiger partial charge in [0.05, 0.1) is 25.6 Å². The van der Waals surface area contributed by atoms with Gasteiger partial charge in [0.15, 0.2) is 6.29 Å². The number of phenols is 1. The molecular formula is C42H74O5Si. The minimum Gasteiger partial charge on any atom is -0.508 e. The maximum Gasteiger partial charge on any atom is 0.158 e. The Morgan fingerprint density at radius 3 is 1.71 bits per heavy atom. The van der Waals surface area contributed by atoms with E-state index >= 15 is 0 Å². The Bertz CT molecular complexity index is 1020. The van der Waals surface area contributed by atoms with Crippen LogP contribution >= 0.6 is 0 Å². The van der Waals surface area contributed by atoms with Crippen molar-refractivity contribution in [3.8, 4) is 17.2 Å². The van der Waals surface area contributed by atoms with Crippen LogP contribution < -0.4 is 0 Å². The van der Waals surface area contributed by atoms with E-state index in [1.165, 1.54) is 24.8 Å². The highest BCUT2D eigenvalue weighted by molar-refractivity contribution is 6.83. The van der Waals surface area contributed by atoms with Crippen LogP contribution in [0.25, 0.3) is 0 Å². The second kappa shape index (κ2) is 26.8. The van der Waals surface area contributed by atoms with Crippen LogP contribution in [0.3, 0.4) is 0 Å². The first-order valence-electron chi connectivity index (χ1n) is 18.6. The van der Waals surface area contributed by atoms with Gasteiger partial charge < -0.3 is 23.7 Å². The highest BCUT2D eigenvalue weighted by Crippen LogP contribution is 2.19. The summed E-state index contributed by atoms with van der Waals surface area (Å²) in [5.74, 6) is 8.24. The molecule has 0 spiro atoms. The first kappa shape index (κ1) is 46.0. The lowest BCUT2D eigenvalue weighted by Crippen LogP contribution is -2.16. The lowest BCUT2D eigenvalue weighted by molar-refractivity contribution is -0.0541.